The minimum absolute atomic E-state index is 0.00712. The van der Waals surface area contributed by atoms with Gasteiger partial charge in [-0.15, -0.1) is 0 Å². The van der Waals surface area contributed by atoms with Gasteiger partial charge in [-0.1, -0.05) is 36.1 Å². The number of carbonyl (C=O) groups is 1. The lowest BCUT2D eigenvalue weighted by atomic mass is 10.1. The number of pyridine rings is 1. The third-order valence-corrected chi connectivity index (χ3v) is 9.44. The fraction of sp³-hybridized carbons (Fsp3) is 0.400. The van der Waals surface area contributed by atoms with Crippen LogP contribution in [0.4, 0.5) is 5.82 Å². The maximum Gasteiger partial charge on any atom is 0.267 e. The lowest BCUT2D eigenvalue weighted by Crippen LogP contribution is -2.47. The molecule has 1 atom stereocenters. The summed E-state index contributed by atoms with van der Waals surface area (Å²) in [6.45, 7) is 7.12. The summed E-state index contributed by atoms with van der Waals surface area (Å²) in [5.41, 5.74) is 2.89. The van der Waals surface area contributed by atoms with Crippen LogP contribution < -0.4 is 19.9 Å². The number of hydrogen-bond donors (Lipinski definition) is 0. The third-order valence-electron chi connectivity index (χ3n) is 8.06. The monoisotopic (exact) mass is 605 g/mol. The van der Waals surface area contributed by atoms with Gasteiger partial charge in [0.05, 0.1) is 23.1 Å². The predicted molar refractivity (Wildman–Crippen MR) is 165 cm³/mol. The van der Waals surface area contributed by atoms with Crippen molar-refractivity contribution in [3.63, 3.8) is 0 Å². The highest BCUT2D eigenvalue weighted by Crippen LogP contribution is 2.35. The van der Waals surface area contributed by atoms with E-state index in [9.17, 15) is 9.59 Å². The number of amides is 1. The quantitative estimate of drug-likeness (QED) is 0.308. The molecular formula is C30H31N5O5S2. The van der Waals surface area contributed by atoms with E-state index in [-0.39, 0.29) is 24.4 Å². The van der Waals surface area contributed by atoms with E-state index < -0.39 is 0 Å². The van der Waals surface area contributed by atoms with Crippen molar-refractivity contribution in [2.75, 3.05) is 51.0 Å². The van der Waals surface area contributed by atoms with Crippen molar-refractivity contribution in [3.8, 4) is 11.5 Å². The maximum absolute atomic E-state index is 13.9. The standard InChI is InChI=1S/C30H31N5O5S2/c1-19-4-7-26-31-27(33-10-8-32(9-11-33)16-20-5-6-23-24(13-20)40-18-39-23)22(28(36)34(26)15-19)14-25-29(37)35(30(41)42-25)17-21-3-2-12-38-21/h4-7,13-15,21H,2-3,8-12,16-18H2,1H3. The van der Waals surface area contributed by atoms with E-state index in [0.717, 1.165) is 55.1 Å². The summed E-state index contributed by atoms with van der Waals surface area (Å²) in [6.07, 6.45) is 5.37. The smallest absolute Gasteiger partial charge is 0.267 e. The summed E-state index contributed by atoms with van der Waals surface area (Å²) < 4.78 is 18.8. The van der Waals surface area contributed by atoms with Crippen LogP contribution in [0.2, 0.25) is 0 Å². The molecule has 3 aromatic rings. The molecule has 3 fully saturated rings. The molecule has 1 aromatic carbocycles. The Labute approximate surface area is 252 Å². The minimum atomic E-state index is -0.203. The highest BCUT2D eigenvalue weighted by atomic mass is 32.2. The molecule has 7 rings (SSSR count). The Hall–Kier alpha value is -3.45. The van der Waals surface area contributed by atoms with Crippen molar-refractivity contribution in [2.45, 2.75) is 32.4 Å². The first-order valence-corrected chi connectivity index (χ1v) is 15.4. The number of aryl methyl sites for hydroxylation is 1. The van der Waals surface area contributed by atoms with E-state index >= 15 is 0 Å². The largest absolute Gasteiger partial charge is 0.454 e. The van der Waals surface area contributed by atoms with E-state index in [4.69, 9.17) is 31.4 Å². The summed E-state index contributed by atoms with van der Waals surface area (Å²) >= 11 is 6.80. The fourth-order valence-corrected chi connectivity index (χ4v) is 7.07. The van der Waals surface area contributed by atoms with Gasteiger partial charge in [-0.25, -0.2) is 4.98 Å². The van der Waals surface area contributed by atoms with Crippen LogP contribution in [0.3, 0.4) is 0 Å². The number of piperazine rings is 1. The lowest BCUT2D eigenvalue weighted by molar-refractivity contribution is -0.123. The van der Waals surface area contributed by atoms with Crippen LogP contribution in [0.15, 0.2) is 46.2 Å². The Morgan fingerprint density at radius 1 is 1.10 bits per heavy atom. The van der Waals surface area contributed by atoms with Gasteiger partial charge in [0.1, 0.15) is 15.8 Å². The van der Waals surface area contributed by atoms with Crippen LogP contribution in [0.25, 0.3) is 11.7 Å². The molecular weight excluding hydrogens is 574 g/mol. The number of thioether (sulfide) groups is 1. The molecule has 42 heavy (non-hydrogen) atoms. The van der Waals surface area contributed by atoms with Gasteiger partial charge in [0.15, 0.2) is 11.5 Å². The lowest BCUT2D eigenvalue weighted by Gasteiger charge is -2.36. The Balaban J connectivity index is 1.16. The number of nitrogens with zero attached hydrogens (tertiary/aromatic N) is 5. The zero-order valence-corrected chi connectivity index (χ0v) is 24.9. The van der Waals surface area contributed by atoms with Crippen LogP contribution in [0.5, 0.6) is 11.5 Å². The van der Waals surface area contributed by atoms with Crippen molar-refractivity contribution in [1.29, 1.82) is 0 Å². The summed E-state index contributed by atoms with van der Waals surface area (Å²) in [4.78, 5) is 38.9. The summed E-state index contributed by atoms with van der Waals surface area (Å²) in [5.74, 6) is 1.97. The number of benzene rings is 1. The van der Waals surface area contributed by atoms with Gasteiger partial charge < -0.3 is 19.1 Å². The molecule has 0 radical (unpaired) electrons. The summed E-state index contributed by atoms with van der Waals surface area (Å²) in [6, 6.07) is 9.87. The molecule has 0 aliphatic carbocycles. The molecule has 3 saturated heterocycles. The molecule has 1 amide bonds. The number of anilines is 1. The van der Waals surface area contributed by atoms with Gasteiger partial charge in [-0.3, -0.25) is 23.8 Å². The van der Waals surface area contributed by atoms with Gasteiger partial charge >= 0.3 is 0 Å². The highest BCUT2D eigenvalue weighted by molar-refractivity contribution is 8.26. The van der Waals surface area contributed by atoms with E-state index in [1.807, 2.05) is 31.2 Å². The Bertz CT molecular complexity index is 1660. The molecule has 2 aromatic heterocycles. The van der Waals surface area contributed by atoms with Crippen molar-refractivity contribution in [1.82, 2.24) is 19.2 Å². The van der Waals surface area contributed by atoms with Crippen LogP contribution in [-0.4, -0.2) is 81.6 Å². The van der Waals surface area contributed by atoms with Gasteiger partial charge in [-0.05, 0) is 55.2 Å². The highest BCUT2D eigenvalue weighted by Gasteiger charge is 2.35. The maximum atomic E-state index is 13.9. The number of rotatable bonds is 6. The number of thiocarbonyl (C=S) groups is 1. The van der Waals surface area contributed by atoms with E-state index in [1.165, 1.54) is 11.8 Å². The average Bonchev–Trinajstić information content (AvgIpc) is 3.74. The van der Waals surface area contributed by atoms with Crippen molar-refractivity contribution < 1.29 is 19.0 Å². The predicted octanol–water partition coefficient (Wildman–Crippen LogP) is 3.43. The zero-order chi connectivity index (χ0) is 28.8. The van der Waals surface area contributed by atoms with Crippen LogP contribution >= 0.6 is 24.0 Å². The summed E-state index contributed by atoms with van der Waals surface area (Å²) in [5, 5.41) is 0. The fourth-order valence-electron chi connectivity index (χ4n) is 5.81. The average molecular weight is 606 g/mol. The van der Waals surface area contributed by atoms with Crippen LogP contribution in [0, 0.1) is 6.92 Å². The number of ether oxygens (including phenoxy) is 3. The Morgan fingerprint density at radius 2 is 1.93 bits per heavy atom. The first kappa shape index (κ1) is 27.4. The number of aromatic nitrogens is 2. The van der Waals surface area contributed by atoms with Gasteiger partial charge in [0.25, 0.3) is 11.5 Å². The molecule has 4 aliphatic heterocycles. The molecule has 4 aliphatic rings. The second-order valence-electron chi connectivity index (χ2n) is 11.0. The van der Waals surface area contributed by atoms with Crippen LogP contribution in [0.1, 0.15) is 29.5 Å². The number of fused-ring (bicyclic) bond motifs is 2. The first-order chi connectivity index (χ1) is 20.4. The van der Waals surface area contributed by atoms with Crippen LogP contribution in [-0.2, 0) is 16.1 Å². The minimum Gasteiger partial charge on any atom is -0.454 e. The molecule has 12 heteroatoms. The van der Waals surface area contributed by atoms with E-state index in [0.29, 0.717) is 52.5 Å². The van der Waals surface area contributed by atoms with Crippen molar-refractivity contribution >= 4 is 51.7 Å². The summed E-state index contributed by atoms with van der Waals surface area (Å²) in [7, 11) is 0. The van der Waals surface area contributed by atoms with E-state index in [2.05, 4.69) is 15.9 Å². The molecule has 0 bridgehead atoms. The number of hydrogen-bond acceptors (Lipinski definition) is 10. The third kappa shape index (κ3) is 5.28. The van der Waals surface area contributed by atoms with E-state index in [1.54, 1.807) is 21.6 Å². The first-order valence-electron chi connectivity index (χ1n) is 14.2. The molecule has 0 saturated carbocycles. The second-order valence-corrected chi connectivity index (χ2v) is 12.6. The topological polar surface area (TPSA) is 88.8 Å². The molecule has 218 valence electrons. The molecule has 0 spiro atoms. The van der Waals surface area contributed by atoms with Crippen molar-refractivity contribution in [2.24, 2.45) is 0 Å². The molecule has 6 heterocycles. The van der Waals surface area contributed by atoms with Gasteiger partial charge in [0.2, 0.25) is 6.79 Å². The second kappa shape index (κ2) is 11.3. The van der Waals surface area contributed by atoms with Gasteiger partial charge in [-0.2, -0.15) is 0 Å². The van der Waals surface area contributed by atoms with Crippen molar-refractivity contribution in [3.05, 3.63) is 68.5 Å². The SMILES string of the molecule is Cc1ccc2nc(N3CCN(Cc4ccc5c(c4)OCO5)CC3)c(C=C3SC(=S)N(CC4CCCO4)C3=O)c(=O)n2c1. The Morgan fingerprint density at radius 3 is 2.74 bits per heavy atom. The molecule has 0 N–H and O–H groups in total. The Kier molecular flexibility index (Phi) is 7.39. The normalized spacial score (nSPS) is 21.8. The number of carbonyl (C=O) groups excluding carboxylic acids is 1. The molecule has 10 nitrogen and oxygen atoms in total. The molecule has 1 unspecified atom stereocenters. The van der Waals surface area contributed by atoms with Gasteiger partial charge in [0, 0.05) is 45.5 Å². The zero-order valence-electron chi connectivity index (χ0n) is 23.3.